The van der Waals surface area contributed by atoms with Crippen LogP contribution in [0.2, 0.25) is 0 Å². The molecule has 2 aliphatic rings. The number of hydrogen-bond donors (Lipinski definition) is 2. The zero-order valence-electron chi connectivity index (χ0n) is 9.51. The van der Waals surface area contributed by atoms with Crippen LogP contribution in [0.25, 0.3) is 0 Å². The SMILES string of the molecule is CC1CCNC1C(=O)NCC1(C)COC1. The van der Waals surface area contributed by atoms with Crippen molar-refractivity contribution in [3.8, 4) is 0 Å². The highest BCUT2D eigenvalue weighted by atomic mass is 16.5. The molecule has 4 nitrogen and oxygen atoms in total. The normalized spacial score (nSPS) is 33.5. The molecule has 2 fully saturated rings. The summed E-state index contributed by atoms with van der Waals surface area (Å²) < 4.78 is 5.15. The molecule has 0 bridgehead atoms. The Kier molecular flexibility index (Phi) is 2.98. The lowest BCUT2D eigenvalue weighted by Crippen LogP contribution is -2.52. The molecular formula is C11H20N2O2. The molecule has 2 atom stereocenters. The van der Waals surface area contributed by atoms with Crippen LogP contribution in [0, 0.1) is 11.3 Å². The number of carbonyl (C=O) groups is 1. The van der Waals surface area contributed by atoms with E-state index in [4.69, 9.17) is 4.74 Å². The summed E-state index contributed by atoms with van der Waals surface area (Å²) in [6, 6.07) is 0.00888. The fourth-order valence-electron chi connectivity index (χ4n) is 2.15. The van der Waals surface area contributed by atoms with Crippen LogP contribution in [-0.4, -0.2) is 38.3 Å². The Bertz CT molecular complexity index is 251. The monoisotopic (exact) mass is 212 g/mol. The third-order valence-corrected chi connectivity index (χ3v) is 3.41. The number of amides is 1. The molecule has 2 N–H and O–H groups in total. The molecule has 4 heteroatoms. The highest BCUT2D eigenvalue weighted by Gasteiger charge is 2.35. The maximum atomic E-state index is 11.8. The lowest BCUT2D eigenvalue weighted by Gasteiger charge is -2.38. The Labute approximate surface area is 90.8 Å². The van der Waals surface area contributed by atoms with E-state index in [1.54, 1.807) is 0 Å². The molecule has 2 heterocycles. The molecule has 15 heavy (non-hydrogen) atoms. The smallest absolute Gasteiger partial charge is 0.237 e. The van der Waals surface area contributed by atoms with Crippen LogP contribution in [0.4, 0.5) is 0 Å². The van der Waals surface area contributed by atoms with Crippen molar-refractivity contribution in [3.63, 3.8) is 0 Å². The summed E-state index contributed by atoms with van der Waals surface area (Å²) in [7, 11) is 0. The van der Waals surface area contributed by atoms with E-state index in [1.165, 1.54) is 0 Å². The first kappa shape index (κ1) is 10.9. The van der Waals surface area contributed by atoms with Gasteiger partial charge in [-0.05, 0) is 18.9 Å². The zero-order chi connectivity index (χ0) is 10.9. The van der Waals surface area contributed by atoms with Crippen LogP contribution < -0.4 is 10.6 Å². The predicted octanol–water partition coefficient (Wildman–Crippen LogP) is 0.137. The van der Waals surface area contributed by atoms with Crippen LogP contribution >= 0.6 is 0 Å². The molecule has 0 spiro atoms. The Morgan fingerprint density at radius 3 is 2.80 bits per heavy atom. The third kappa shape index (κ3) is 2.32. The number of hydrogen-bond acceptors (Lipinski definition) is 3. The van der Waals surface area contributed by atoms with Gasteiger partial charge in [-0.1, -0.05) is 13.8 Å². The van der Waals surface area contributed by atoms with Crippen LogP contribution in [0.1, 0.15) is 20.3 Å². The molecule has 2 rings (SSSR count). The van der Waals surface area contributed by atoms with Crippen molar-refractivity contribution < 1.29 is 9.53 Å². The minimum absolute atomic E-state index is 0.00888. The molecular weight excluding hydrogens is 192 g/mol. The second-order valence-corrected chi connectivity index (χ2v) is 5.22. The summed E-state index contributed by atoms with van der Waals surface area (Å²) in [4.78, 5) is 11.8. The molecule has 86 valence electrons. The highest BCUT2D eigenvalue weighted by molar-refractivity contribution is 5.82. The average Bonchev–Trinajstić information content (AvgIpc) is 2.58. The van der Waals surface area contributed by atoms with Gasteiger partial charge >= 0.3 is 0 Å². The topological polar surface area (TPSA) is 50.4 Å². The molecule has 0 aliphatic carbocycles. The fraction of sp³-hybridized carbons (Fsp3) is 0.909. The first-order valence-electron chi connectivity index (χ1n) is 5.70. The molecule has 0 saturated carbocycles. The van der Waals surface area contributed by atoms with Crippen molar-refractivity contribution in [3.05, 3.63) is 0 Å². The predicted molar refractivity (Wildman–Crippen MR) is 57.5 cm³/mol. The number of nitrogens with one attached hydrogen (secondary N) is 2. The van der Waals surface area contributed by atoms with E-state index < -0.39 is 0 Å². The summed E-state index contributed by atoms with van der Waals surface area (Å²) >= 11 is 0. The van der Waals surface area contributed by atoms with Gasteiger partial charge in [0.2, 0.25) is 5.91 Å². The maximum absolute atomic E-state index is 11.8. The summed E-state index contributed by atoms with van der Waals surface area (Å²) in [5.74, 6) is 0.601. The highest BCUT2D eigenvalue weighted by Crippen LogP contribution is 2.25. The summed E-state index contributed by atoms with van der Waals surface area (Å²) in [5.41, 5.74) is 0.164. The second-order valence-electron chi connectivity index (χ2n) is 5.22. The maximum Gasteiger partial charge on any atom is 0.237 e. The van der Waals surface area contributed by atoms with E-state index in [0.717, 1.165) is 32.7 Å². The number of carbonyl (C=O) groups excluding carboxylic acids is 1. The molecule has 0 aromatic carbocycles. The fourth-order valence-corrected chi connectivity index (χ4v) is 2.15. The van der Waals surface area contributed by atoms with Gasteiger partial charge in [0.25, 0.3) is 0 Å². The zero-order valence-corrected chi connectivity index (χ0v) is 9.51. The first-order valence-corrected chi connectivity index (χ1v) is 5.70. The van der Waals surface area contributed by atoms with E-state index in [0.29, 0.717) is 5.92 Å². The van der Waals surface area contributed by atoms with Crippen molar-refractivity contribution >= 4 is 5.91 Å². The molecule has 1 amide bonds. The average molecular weight is 212 g/mol. The van der Waals surface area contributed by atoms with Gasteiger partial charge in [-0.25, -0.2) is 0 Å². The van der Waals surface area contributed by atoms with E-state index in [-0.39, 0.29) is 17.4 Å². The molecule has 0 aromatic heterocycles. The van der Waals surface area contributed by atoms with Gasteiger partial charge in [0.15, 0.2) is 0 Å². The van der Waals surface area contributed by atoms with Crippen molar-refractivity contribution in [2.24, 2.45) is 11.3 Å². The summed E-state index contributed by atoms with van der Waals surface area (Å²) in [6.07, 6.45) is 1.10. The summed E-state index contributed by atoms with van der Waals surface area (Å²) in [5, 5.41) is 6.25. The molecule has 0 radical (unpaired) electrons. The van der Waals surface area contributed by atoms with Crippen molar-refractivity contribution in [1.29, 1.82) is 0 Å². The molecule has 0 aromatic rings. The molecule has 2 aliphatic heterocycles. The van der Waals surface area contributed by atoms with Gasteiger partial charge in [-0.3, -0.25) is 4.79 Å². The molecule has 2 saturated heterocycles. The van der Waals surface area contributed by atoms with Gasteiger partial charge in [0.05, 0.1) is 19.3 Å². The van der Waals surface area contributed by atoms with Crippen LogP contribution in [-0.2, 0) is 9.53 Å². The van der Waals surface area contributed by atoms with Gasteiger partial charge < -0.3 is 15.4 Å². The van der Waals surface area contributed by atoms with Gasteiger partial charge in [-0.15, -0.1) is 0 Å². The third-order valence-electron chi connectivity index (χ3n) is 3.41. The first-order chi connectivity index (χ1) is 7.11. The van der Waals surface area contributed by atoms with E-state index in [9.17, 15) is 4.79 Å². The van der Waals surface area contributed by atoms with Crippen molar-refractivity contribution in [2.75, 3.05) is 26.3 Å². The van der Waals surface area contributed by atoms with Crippen LogP contribution in [0.5, 0.6) is 0 Å². The number of ether oxygens (including phenoxy) is 1. The van der Waals surface area contributed by atoms with E-state index in [1.807, 2.05) is 0 Å². The largest absolute Gasteiger partial charge is 0.380 e. The Balaban J connectivity index is 1.76. The second kappa shape index (κ2) is 4.10. The minimum atomic E-state index is 0.00888. The minimum Gasteiger partial charge on any atom is -0.380 e. The lowest BCUT2D eigenvalue weighted by molar-refractivity contribution is -0.129. The van der Waals surface area contributed by atoms with Gasteiger partial charge in [-0.2, -0.15) is 0 Å². The Hall–Kier alpha value is -0.610. The Morgan fingerprint density at radius 2 is 2.33 bits per heavy atom. The standard InChI is InChI=1S/C11H20N2O2/c1-8-3-4-12-9(8)10(14)13-5-11(2)6-15-7-11/h8-9,12H,3-7H2,1-2H3,(H,13,14). The quantitative estimate of drug-likeness (QED) is 0.699. The van der Waals surface area contributed by atoms with E-state index in [2.05, 4.69) is 24.5 Å². The molecule has 2 unspecified atom stereocenters. The van der Waals surface area contributed by atoms with Gasteiger partial charge in [0, 0.05) is 12.0 Å². The van der Waals surface area contributed by atoms with Gasteiger partial charge in [0.1, 0.15) is 0 Å². The van der Waals surface area contributed by atoms with Crippen molar-refractivity contribution in [1.82, 2.24) is 10.6 Å². The Morgan fingerprint density at radius 1 is 1.60 bits per heavy atom. The lowest BCUT2D eigenvalue weighted by atomic mass is 9.88. The van der Waals surface area contributed by atoms with Crippen molar-refractivity contribution in [2.45, 2.75) is 26.3 Å². The van der Waals surface area contributed by atoms with Crippen LogP contribution in [0.15, 0.2) is 0 Å². The van der Waals surface area contributed by atoms with Crippen LogP contribution in [0.3, 0.4) is 0 Å². The van der Waals surface area contributed by atoms with E-state index >= 15 is 0 Å². The summed E-state index contributed by atoms with van der Waals surface area (Å²) in [6.45, 7) is 7.49. The number of rotatable bonds is 3.